The monoisotopic (exact) mass is 294 g/mol. The van der Waals surface area contributed by atoms with Crippen molar-refractivity contribution in [2.24, 2.45) is 10.1 Å². The molecule has 0 saturated carbocycles. The van der Waals surface area contributed by atoms with Crippen molar-refractivity contribution in [1.82, 2.24) is 0 Å². The third kappa shape index (κ3) is 4.96. The van der Waals surface area contributed by atoms with Crippen LogP contribution in [0.1, 0.15) is 25.3 Å². The van der Waals surface area contributed by atoms with Crippen LogP contribution in [-0.2, 0) is 0 Å². The minimum absolute atomic E-state index is 0.591. The highest BCUT2D eigenvalue weighted by Crippen LogP contribution is 2.19. The quantitative estimate of drug-likeness (QED) is 0.217. The highest BCUT2D eigenvalue weighted by atomic mass is 16.5. The molecule has 0 amide bonds. The van der Waals surface area contributed by atoms with Crippen molar-refractivity contribution in [1.29, 1.82) is 0 Å². The number of benzene rings is 2. The summed E-state index contributed by atoms with van der Waals surface area (Å²) < 4.78 is 5.61. The van der Waals surface area contributed by atoms with Crippen LogP contribution in [0.2, 0.25) is 0 Å². The van der Waals surface area contributed by atoms with Crippen molar-refractivity contribution in [3.63, 3.8) is 0 Å². The van der Waals surface area contributed by atoms with Gasteiger partial charge in [0.05, 0.1) is 12.3 Å². The third-order valence-electron chi connectivity index (χ3n) is 3.02. The van der Waals surface area contributed by atoms with E-state index in [2.05, 4.69) is 21.9 Å². The first kappa shape index (κ1) is 15.6. The van der Waals surface area contributed by atoms with Crippen LogP contribution >= 0.6 is 0 Å². The number of ether oxygens (including phenoxy) is 1. The molecule has 0 aliphatic carbocycles. The van der Waals surface area contributed by atoms with Gasteiger partial charge in [-0.1, -0.05) is 42.7 Å². The fourth-order valence-electron chi connectivity index (χ4n) is 1.79. The number of hydrogen-bond acceptors (Lipinski definition) is 3. The predicted octanol–water partition coefficient (Wildman–Crippen LogP) is 5.56. The lowest BCUT2D eigenvalue weighted by Crippen LogP contribution is -1.95. The standard InChI is InChI=1S/C17H18N4O/c1-2-3-12-22-17-10-8-15(9-11-17)19-13-14-4-6-16(7-5-14)20-21-18/h4-11,13H,2-3,12H2,1H3. The summed E-state index contributed by atoms with van der Waals surface area (Å²) in [4.78, 5) is 7.15. The number of hydrogen-bond donors (Lipinski definition) is 0. The zero-order valence-corrected chi connectivity index (χ0v) is 12.5. The van der Waals surface area contributed by atoms with Gasteiger partial charge in [-0.15, -0.1) is 0 Å². The second-order valence-corrected chi connectivity index (χ2v) is 4.74. The molecule has 0 N–H and O–H groups in total. The SMILES string of the molecule is CCCCOc1ccc(N=Cc2ccc(N=[N+]=[N-])cc2)cc1. The van der Waals surface area contributed by atoms with Crippen molar-refractivity contribution < 1.29 is 4.74 Å². The predicted molar refractivity (Wildman–Crippen MR) is 89.3 cm³/mol. The summed E-state index contributed by atoms with van der Waals surface area (Å²) >= 11 is 0. The molecule has 0 aliphatic heterocycles. The molecule has 0 aromatic heterocycles. The molecule has 5 nitrogen and oxygen atoms in total. The Morgan fingerprint density at radius 3 is 2.36 bits per heavy atom. The topological polar surface area (TPSA) is 70.4 Å². The summed E-state index contributed by atoms with van der Waals surface area (Å²) in [6, 6.07) is 14.9. The molecule has 0 aliphatic rings. The van der Waals surface area contributed by atoms with Gasteiger partial charge in [0, 0.05) is 16.8 Å². The number of unbranched alkanes of at least 4 members (excludes halogenated alkanes) is 1. The van der Waals surface area contributed by atoms with E-state index in [9.17, 15) is 0 Å². The largest absolute Gasteiger partial charge is 0.494 e. The Labute approximate surface area is 129 Å². The lowest BCUT2D eigenvalue weighted by atomic mass is 10.2. The van der Waals surface area contributed by atoms with Crippen LogP contribution in [-0.4, -0.2) is 12.8 Å². The van der Waals surface area contributed by atoms with E-state index >= 15 is 0 Å². The minimum Gasteiger partial charge on any atom is -0.494 e. The first-order chi connectivity index (χ1) is 10.8. The van der Waals surface area contributed by atoms with Crippen LogP contribution in [0.5, 0.6) is 5.75 Å². The average Bonchev–Trinajstić information content (AvgIpc) is 2.56. The Hall–Kier alpha value is -2.78. The molecule has 0 unspecified atom stereocenters. The molecule has 0 fully saturated rings. The molecular formula is C17H18N4O. The molecule has 0 atom stereocenters. The van der Waals surface area contributed by atoms with Crippen LogP contribution in [0, 0.1) is 0 Å². The van der Waals surface area contributed by atoms with E-state index in [1.54, 1.807) is 18.3 Å². The fraction of sp³-hybridized carbons (Fsp3) is 0.235. The van der Waals surface area contributed by atoms with Crippen LogP contribution in [0.25, 0.3) is 10.4 Å². The van der Waals surface area contributed by atoms with Crippen molar-refractivity contribution >= 4 is 17.6 Å². The minimum atomic E-state index is 0.591. The Balaban J connectivity index is 1.96. The van der Waals surface area contributed by atoms with Crippen LogP contribution in [0.4, 0.5) is 11.4 Å². The number of aliphatic imine (C=N–C) groups is 1. The molecular weight excluding hydrogens is 276 g/mol. The van der Waals surface area contributed by atoms with Gasteiger partial charge in [0.1, 0.15) is 5.75 Å². The Bertz CT molecular complexity index is 656. The zero-order valence-electron chi connectivity index (χ0n) is 12.5. The summed E-state index contributed by atoms with van der Waals surface area (Å²) in [5.41, 5.74) is 10.8. The molecule has 2 aromatic rings. The van der Waals surface area contributed by atoms with E-state index in [0.717, 1.165) is 36.4 Å². The van der Waals surface area contributed by atoms with E-state index < -0.39 is 0 Å². The summed E-state index contributed by atoms with van der Waals surface area (Å²) in [7, 11) is 0. The number of nitrogens with zero attached hydrogens (tertiary/aromatic N) is 4. The summed E-state index contributed by atoms with van der Waals surface area (Å²) in [5, 5.41) is 3.53. The first-order valence-electron chi connectivity index (χ1n) is 7.24. The maximum absolute atomic E-state index is 8.35. The van der Waals surface area contributed by atoms with Gasteiger partial charge in [-0.25, -0.2) is 0 Å². The molecule has 2 rings (SSSR count). The maximum Gasteiger partial charge on any atom is 0.119 e. The normalized spacial score (nSPS) is 10.4. The first-order valence-corrected chi connectivity index (χ1v) is 7.24. The molecule has 2 aromatic carbocycles. The van der Waals surface area contributed by atoms with Gasteiger partial charge in [0.25, 0.3) is 0 Å². The van der Waals surface area contributed by atoms with Crippen molar-refractivity contribution in [2.45, 2.75) is 19.8 Å². The Morgan fingerprint density at radius 1 is 1.05 bits per heavy atom. The van der Waals surface area contributed by atoms with Gasteiger partial charge in [-0.2, -0.15) is 0 Å². The lowest BCUT2D eigenvalue weighted by Gasteiger charge is -2.04. The summed E-state index contributed by atoms with van der Waals surface area (Å²) in [6.45, 7) is 2.89. The van der Waals surface area contributed by atoms with Gasteiger partial charge in [0.15, 0.2) is 0 Å². The molecule has 0 bridgehead atoms. The highest BCUT2D eigenvalue weighted by Gasteiger charge is 1.94. The maximum atomic E-state index is 8.35. The molecule has 22 heavy (non-hydrogen) atoms. The van der Waals surface area contributed by atoms with E-state index in [4.69, 9.17) is 10.3 Å². The van der Waals surface area contributed by atoms with E-state index in [-0.39, 0.29) is 0 Å². The summed E-state index contributed by atoms with van der Waals surface area (Å²) in [5.74, 6) is 0.867. The van der Waals surface area contributed by atoms with Crippen LogP contribution in [0.3, 0.4) is 0 Å². The molecule has 5 heteroatoms. The Morgan fingerprint density at radius 2 is 1.73 bits per heavy atom. The Kier molecular flexibility index (Phi) is 6.03. The van der Waals surface area contributed by atoms with Crippen LogP contribution in [0.15, 0.2) is 58.6 Å². The molecule has 0 saturated heterocycles. The number of azide groups is 1. The highest BCUT2D eigenvalue weighted by molar-refractivity contribution is 5.82. The van der Waals surface area contributed by atoms with Gasteiger partial charge in [0.2, 0.25) is 0 Å². The molecule has 0 radical (unpaired) electrons. The van der Waals surface area contributed by atoms with E-state index in [1.807, 2.05) is 36.4 Å². The average molecular weight is 294 g/mol. The lowest BCUT2D eigenvalue weighted by molar-refractivity contribution is 0.309. The van der Waals surface area contributed by atoms with Gasteiger partial charge >= 0.3 is 0 Å². The second-order valence-electron chi connectivity index (χ2n) is 4.74. The number of rotatable bonds is 7. The second kappa shape index (κ2) is 8.49. The third-order valence-corrected chi connectivity index (χ3v) is 3.02. The van der Waals surface area contributed by atoms with Gasteiger partial charge < -0.3 is 4.74 Å². The van der Waals surface area contributed by atoms with Gasteiger partial charge in [-0.05, 0) is 41.8 Å². The summed E-state index contributed by atoms with van der Waals surface area (Å²) in [6.07, 6.45) is 3.96. The molecule has 0 heterocycles. The smallest absolute Gasteiger partial charge is 0.119 e. The van der Waals surface area contributed by atoms with E-state index in [0.29, 0.717) is 5.69 Å². The van der Waals surface area contributed by atoms with Crippen LogP contribution < -0.4 is 4.74 Å². The van der Waals surface area contributed by atoms with Crippen molar-refractivity contribution in [3.8, 4) is 5.75 Å². The zero-order chi connectivity index (χ0) is 15.6. The molecule has 112 valence electrons. The van der Waals surface area contributed by atoms with Crippen molar-refractivity contribution in [2.75, 3.05) is 6.61 Å². The van der Waals surface area contributed by atoms with E-state index in [1.165, 1.54) is 0 Å². The van der Waals surface area contributed by atoms with Crippen molar-refractivity contribution in [3.05, 3.63) is 64.5 Å². The molecule has 0 spiro atoms. The van der Waals surface area contributed by atoms with Gasteiger partial charge in [-0.3, -0.25) is 4.99 Å². The fourth-order valence-corrected chi connectivity index (χ4v) is 1.79.